The predicted octanol–water partition coefficient (Wildman–Crippen LogP) is 4.99. The molecule has 1 aromatic carbocycles. The lowest BCUT2D eigenvalue weighted by Gasteiger charge is -2.23. The quantitative estimate of drug-likeness (QED) is 0.752. The Morgan fingerprint density at radius 2 is 1.89 bits per heavy atom. The Morgan fingerprint density at radius 1 is 1.22 bits per heavy atom. The average molecular weight is 426 g/mol. The summed E-state index contributed by atoms with van der Waals surface area (Å²) in [6.07, 6.45) is 3.01. The smallest absolute Gasteiger partial charge is 0.266 e. The van der Waals surface area contributed by atoms with Crippen molar-refractivity contribution >= 4 is 52.0 Å². The lowest BCUT2D eigenvalue weighted by molar-refractivity contribution is -0.119. The van der Waals surface area contributed by atoms with Crippen LogP contribution in [0, 0.1) is 0 Å². The van der Waals surface area contributed by atoms with E-state index in [9.17, 15) is 9.59 Å². The summed E-state index contributed by atoms with van der Waals surface area (Å²) in [7, 11) is 0. The summed E-state index contributed by atoms with van der Waals surface area (Å²) in [6, 6.07) is 4.34. The van der Waals surface area contributed by atoms with Crippen LogP contribution >= 0.6 is 34.5 Å². The molecule has 1 aliphatic heterocycles. The molecule has 0 aliphatic carbocycles. The van der Waals surface area contributed by atoms with Gasteiger partial charge in [-0.1, -0.05) is 44.0 Å². The SMILES string of the molecule is CC(C)(C)c1ncc(C(=O)N2CCC[C@H]2C(=O)Nc2cc(Cl)cc(Cl)c2)s1. The van der Waals surface area contributed by atoms with E-state index in [0.29, 0.717) is 33.6 Å². The van der Waals surface area contributed by atoms with Crippen LogP contribution in [0.25, 0.3) is 0 Å². The molecule has 0 spiro atoms. The van der Waals surface area contributed by atoms with Crippen molar-refractivity contribution in [1.82, 2.24) is 9.88 Å². The molecule has 2 heterocycles. The highest BCUT2D eigenvalue weighted by atomic mass is 35.5. The monoisotopic (exact) mass is 425 g/mol. The standard InChI is InChI=1S/C19H21Cl2N3O2S/c1-19(2,3)18-22-10-15(27-18)17(26)24-6-4-5-14(24)16(25)23-13-8-11(20)7-12(21)9-13/h7-10,14H,4-6H2,1-3H3,(H,23,25)/t14-/m0/s1. The van der Waals surface area contributed by atoms with Crippen LogP contribution < -0.4 is 5.32 Å². The fraction of sp³-hybridized carbons (Fsp3) is 0.421. The minimum Gasteiger partial charge on any atom is -0.326 e. The third-order valence-electron chi connectivity index (χ3n) is 4.30. The fourth-order valence-corrected chi connectivity index (χ4v) is 4.45. The highest BCUT2D eigenvalue weighted by Crippen LogP contribution is 2.30. The van der Waals surface area contributed by atoms with Gasteiger partial charge >= 0.3 is 0 Å². The van der Waals surface area contributed by atoms with Gasteiger partial charge in [-0.15, -0.1) is 11.3 Å². The van der Waals surface area contributed by atoms with Crippen LogP contribution in [0.4, 0.5) is 5.69 Å². The minimum atomic E-state index is -0.518. The van der Waals surface area contributed by atoms with Gasteiger partial charge in [0.2, 0.25) is 5.91 Å². The number of likely N-dealkylation sites (tertiary alicyclic amines) is 1. The molecule has 1 N–H and O–H groups in total. The maximum absolute atomic E-state index is 12.9. The van der Waals surface area contributed by atoms with Crippen molar-refractivity contribution in [2.24, 2.45) is 0 Å². The zero-order chi connectivity index (χ0) is 19.8. The van der Waals surface area contributed by atoms with E-state index >= 15 is 0 Å². The number of nitrogens with one attached hydrogen (secondary N) is 1. The summed E-state index contributed by atoms with van der Waals surface area (Å²) >= 11 is 13.4. The molecule has 144 valence electrons. The minimum absolute atomic E-state index is 0.114. The van der Waals surface area contributed by atoms with E-state index in [4.69, 9.17) is 23.2 Å². The Labute approximate surface area is 172 Å². The van der Waals surface area contributed by atoms with Gasteiger partial charge in [0.25, 0.3) is 5.91 Å². The van der Waals surface area contributed by atoms with E-state index < -0.39 is 6.04 Å². The van der Waals surface area contributed by atoms with Gasteiger partial charge in [0.05, 0.1) is 11.2 Å². The molecular weight excluding hydrogens is 405 g/mol. The Balaban J connectivity index is 1.75. The lowest BCUT2D eigenvalue weighted by atomic mass is 9.98. The van der Waals surface area contributed by atoms with Crippen LogP contribution in [0.2, 0.25) is 10.0 Å². The predicted molar refractivity (Wildman–Crippen MR) is 110 cm³/mol. The fourth-order valence-electron chi connectivity index (χ4n) is 3.00. The highest BCUT2D eigenvalue weighted by Gasteiger charge is 2.35. The average Bonchev–Trinajstić information content (AvgIpc) is 3.22. The molecule has 8 heteroatoms. The van der Waals surface area contributed by atoms with Gasteiger partial charge in [-0.2, -0.15) is 0 Å². The first-order valence-electron chi connectivity index (χ1n) is 8.69. The van der Waals surface area contributed by atoms with Crippen LogP contribution in [-0.4, -0.2) is 34.3 Å². The number of thiazole rings is 1. The molecule has 0 bridgehead atoms. The number of hydrogen-bond donors (Lipinski definition) is 1. The Bertz CT molecular complexity index is 856. The van der Waals surface area contributed by atoms with Crippen molar-refractivity contribution in [1.29, 1.82) is 0 Å². The number of aromatic nitrogens is 1. The van der Waals surface area contributed by atoms with Gasteiger partial charge in [0, 0.05) is 27.7 Å². The second kappa shape index (κ2) is 7.78. The largest absolute Gasteiger partial charge is 0.326 e. The maximum atomic E-state index is 12.9. The summed E-state index contributed by atoms with van der Waals surface area (Å²) in [5, 5.41) is 4.60. The summed E-state index contributed by atoms with van der Waals surface area (Å²) in [4.78, 5) is 32.2. The van der Waals surface area contributed by atoms with Gasteiger partial charge in [0.15, 0.2) is 0 Å². The number of anilines is 1. The first kappa shape index (κ1) is 20.1. The third-order valence-corrected chi connectivity index (χ3v) is 6.15. The van der Waals surface area contributed by atoms with Gasteiger partial charge in [0.1, 0.15) is 10.9 Å². The van der Waals surface area contributed by atoms with Crippen LogP contribution in [0.3, 0.4) is 0 Å². The van der Waals surface area contributed by atoms with Crippen LogP contribution in [0.1, 0.15) is 48.3 Å². The number of benzene rings is 1. The molecule has 27 heavy (non-hydrogen) atoms. The molecule has 5 nitrogen and oxygen atoms in total. The maximum Gasteiger partial charge on any atom is 0.266 e. The third kappa shape index (κ3) is 4.62. The van der Waals surface area contributed by atoms with E-state index in [-0.39, 0.29) is 17.2 Å². The molecule has 0 unspecified atom stereocenters. The molecule has 0 saturated carbocycles. The number of nitrogens with zero attached hydrogens (tertiary/aromatic N) is 2. The lowest BCUT2D eigenvalue weighted by Crippen LogP contribution is -2.43. The van der Waals surface area contributed by atoms with E-state index in [2.05, 4.69) is 31.1 Å². The summed E-state index contributed by atoms with van der Waals surface area (Å²) in [5.41, 5.74) is 0.404. The van der Waals surface area contributed by atoms with E-state index in [1.807, 2.05) is 0 Å². The number of halogens is 2. The molecule has 1 aromatic heterocycles. The van der Waals surface area contributed by atoms with Gasteiger partial charge in [-0.05, 0) is 31.0 Å². The van der Waals surface area contributed by atoms with Crippen molar-refractivity contribution in [2.45, 2.75) is 45.1 Å². The van der Waals surface area contributed by atoms with Crippen LogP contribution in [-0.2, 0) is 10.2 Å². The van der Waals surface area contributed by atoms with Crippen LogP contribution in [0.15, 0.2) is 24.4 Å². The Hall–Kier alpha value is -1.63. The first-order chi connectivity index (χ1) is 12.6. The van der Waals surface area contributed by atoms with Crippen molar-refractivity contribution in [3.63, 3.8) is 0 Å². The topological polar surface area (TPSA) is 62.3 Å². The van der Waals surface area contributed by atoms with E-state index in [1.54, 1.807) is 29.3 Å². The van der Waals surface area contributed by atoms with Crippen molar-refractivity contribution in [2.75, 3.05) is 11.9 Å². The second-order valence-electron chi connectivity index (χ2n) is 7.58. The van der Waals surface area contributed by atoms with Crippen molar-refractivity contribution in [3.8, 4) is 0 Å². The van der Waals surface area contributed by atoms with Crippen molar-refractivity contribution < 1.29 is 9.59 Å². The molecule has 3 rings (SSSR count). The van der Waals surface area contributed by atoms with Gasteiger partial charge < -0.3 is 10.2 Å². The summed E-state index contributed by atoms with van der Waals surface area (Å²) in [6.45, 7) is 6.73. The first-order valence-corrected chi connectivity index (χ1v) is 10.3. The molecule has 0 radical (unpaired) electrons. The number of carbonyl (C=O) groups is 2. The molecule has 1 aliphatic rings. The van der Waals surface area contributed by atoms with Crippen molar-refractivity contribution in [3.05, 3.63) is 44.3 Å². The molecule has 2 amide bonds. The normalized spacial score (nSPS) is 17.2. The Kier molecular flexibility index (Phi) is 5.79. The number of rotatable bonds is 3. The van der Waals surface area contributed by atoms with Crippen LogP contribution in [0.5, 0.6) is 0 Å². The summed E-state index contributed by atoms with van der Waals surface area (Å²) in [5.74, 6) is -0.385. The zero-order valence-corrected chi connectivity index (χ0v) is 17.7. The van der Waals surface area contributed by atoms with Gasteiger partial charge in [-0.25, -0.2) is 4.98 Å². The van der Waals surface area contributed by atoms with E-state index in [0.717, 1.165) is 11.4 Å². The molecule has 2 aromatic rings. The summed E-state index contributed by atoms with van der Waals surface area (Å²) < 4.78 is 0. The Morgan fingerprint density at radius 3 is 2.48 bits per heavy atom. The second-order valence-corrected chi connectivity index (χ2v) is 9.49. The van der Waals surface area contributed by atoms with E-state index in [1.165, 1.54) is 11.3 Å². The van der Waals surface area contributed by atoms with Gasteiger partial charge in [-0.3, -0.25) is 9.59 Å². The highest BCUT2D eigenvalue weighted by molar-refractivity contribution is 7.13. The number of hydrogen-bond acceptors (Lipinski definition) is 4. The zero-order valence-electron chi connectivity index (χ0n) is 15.4. The molecular formula is C19H21Cl2N3O2S. The number of carbonyl (C=O) groups excluding carboxylic acids is 2. The molecule has 1 atom stereocenters. The number of amides is 2. The molecule has 1 fully saturated rings. The molecule has 1 saturated heterocycles.